The number of para-hydroxylation sites is 1. The summed E-state index contributed by atoms with van der Waals surface area (Å²) in [7, 11) is 2.82. The monoisotopic (exact) mass is 378 g/mol. The lowest BCUT2D eigenvalue weighted by molar-refractivity contribution is -0.0512. The average Bonchev–Trinajstić information content (AvgIpc) is 2.66. The Balaban J connectivity index is 2.26. The molecule has 0 N–H and O–H groups in total. The van der Waals surface area contributed by atoms with Crippen LogP contribution in [0.3, 0.4) is 0 Å². The lowest BCUT2D eigenvalue weighted by Gasteiger charge is -2.11. The standard InChI is InChI=1S/C20H20F2O5/c1-4-26-17-7-5-6-13(19(17)25-3)8-10-15(23)14-9-11-16(27-20(21)22)18(12-14)24-2/h5-12,20H,4H2,1-3H3/b10-8+. The van der Waals surface area contributed by atoms with Crippen molar-refractivity contribution in [3.05, 3.63) is 53.6 Å². The first-order valence-electron chi connectivity index (χ1n) is 8.15. The quantitative estimate of drug-likeness (QED) is 0.472. The lowest BCUT2D eigenvalue weighted by atomic mass is 10.1. The second-order valence-corrected chi connectivity index (χ2v) is 5.25. The van der Waals surface area contributed by atoms with Gasteiger partial charge in [0.25, 0.3) is 0 Å². The van der Waals surface area contributed by atoms with Crippen molar-refractivity contribution in [3.63, 3.8) is 0 Å². The molecule has 7 heteroatoms. The van der Waals surface area contributed by atoms with E-state index in [0.717, 1.165) is 0 Å². The molecule has 0 aliphatic heterocycles. The lowest BCUT2D eigenvalue weighted by Crippen LogP contribution is -2.04. The Labute approximate surface area is 156 Å². The number of carbonyl (C=O) groups excluding carboxylic acids is 1. The van der Waals surface area contributed by atoms with E-state index in [1.807, 2.05) is 6.92 Å². The minimum Gasteiger partial charge on any atom is -0.493 e. The molecular weight excluding hydrogens is 358 g/mol. The van der Waals surface area contributed by atoms with Crippen LogP contribution >= 0.6 is 0 Å². The van der Waals surface area contributed by atoms with Gasteiger partial charge in [-0.15, -0.1) is 0 Å². The molecule has 0 aliphatic carbocycles. The molecule has 0 spiro atoms. The number of carbonyl (C=O) groups is 1. The Morgan fingerprint density at radius 1 is 1.07 bits per heavy atom. The number of ketones is 1. The van der Waals surface area contributed by atoms with Crippen LogP contribution in [-0.2, 0) is 0 Å². The van der Waals surface area contributed by atoms with Crippen molar-refractivity contribution in [2.75, 3.05) is 20.8 Å². The van der Waals surface area contributed by atoms with Crippen molar-refractivity contribution in [2.24, 2.45) is 0 Å². The van der Waals surface area contributed by atoms with E-state index in [4.69, 9.17) is 14.2 Å². The SMILES string of the molecule is CCOc1cccc(/C=C/C(=O)c2ccc(OC(F)F)c(OC)c2)c1OC. The number of rotatable bonds is 9. The van der Waals surface area contributed by atoms with Crippen LogP contribution in [0.25, 0.3) is 6.08 Å². The summed E-state index contributed by atoms with van der Waals surface area (Å²) in [6, 6.07) is 9.35. The fourth-order valence-corrected chi connectivity index (χ4v) is 2.43. The zero-order chi connectivity index (χ0) is 19.8. The van der Waals surface area contributed by atoms with E-state index in [-0.39, 0.29) is 22.8 Å². The molecule has 2 aromatic rings. The van der Waals surface area contributed by atoms with Gasteiger partial charge in [-0.25, -0.2) is 0 Å². The third-order valence-corrected chi connectivity index (χ3v) is 3.59. The average molecular weight is 378 g/mol. The Morgan fingerprint density at radius 2 is 1.85 bits per heavy atom. The fourth-order valence-electron chi connectivity index (χ4n) is 2.43. The van der Waals surface area contributed by atoms with E-state index >= 15 is 0 Å². The molecule has 0 radical (unpaired) electrons. The smallest absolute Gasteiger partial charge is 0.387 e. The van der Waals surface area contributed by atoms with E-state index in [9.17, 15) is 13.6 Å². The van der Waals surface area contributed by atoms with E-state index < -0.39 is 6.61 Å². The van der Waals surface area contributed by atoms with Crippen LogP contribution in [0.15, 0.2) is 42.5 Å². The molecule has 0 fully saturated rings. The molecule has 144 valence electrons. The summed E-state index contributed by atoms with van der Waals surface area (Å²) in [5.74, 6) is 0.664. The third-order valence-electron chi connectivity index (χ3n) is 3.59. The normalized spacial score (nSPS) is 10.9. The summed E-state index contributed by atoms with van der Waals surface area (Å²) in [4.78, 5) is 12.4. The molecule has 2 aromatic carbocycles. The molecule has 0 saturated heterocycles. The maximum absolute atomic E-state index is 12.4. The highest BCUT2D eigenvalue weighted by Gasteiger charge is 2.13. The molecule has 0 amide bonds. The number of benzene rings is 2. The Morgan fingerprint density at radius 3 is 2.48 bits per heavy atom. The number of alkyl halides is 2. The molecule has 0 aromatic heterocycles. The van der Waals surface area contributed by atoms with Crippen LogP contribution in [0, 0.1) is 0 Å². The number of hydrogen-bond acceptors (Lipinski definition) is 5. The summed E-state index contributed by atoms with van der Waals surface area (Å²) in [6.07, 6.45) is 2.95. The van der Waals surface area contributed by atoms with E-state index in [1.54, 1.807) is 24.3 Å². The highest BCUT2D eigenvalue weighted by atomic mass is 19.3. The maximum atomic E-state index is 12.4. The van der Waals surface area contributed by atoms with Crippen molar-refractivity contribution >= 4 is 11.9 Å². The first kappa shape index (κ1) is 20.2. The van der Waals surface area contributed by atoms with Crippen molar-refractivity contribution in [2.45, 2.75) is 13.5 Å². The molecule has 2 rings (SSSR count). The van der Waals surface area contributed by atoms with Gasteiger partial charge in [0.15, 0.2) is 28.8 Å². The number of methoxy groups -OCH3 is 2. The van der Waals surface area contributed by atoms with Crippen LogP contribution in [0.4, 0.5) is 8.78 Å². The van der Waals surface area contributed by atoms with Crippen molar-refractivity contribution in [1.29, 1.82) is 0 Å². The number of hydrogen-bond donors (Lipinski definition) is 0. The first-order valence-corrected chi connectivity index (χ1v) is 8.15. The minimum atomic E-state index is -2.98. The van der Waals surface area contributed by atoms with Crippen LogP contribution in [0.2, 0.25) is 0 Å². The molecule has 0 saturated carbocycles. The molecular formula is C20H20F2O5. The predicted octanol–water partition coefficient (Wildman–Crippen LogP) is 4.60. The van der Waals surface area contributed by atoms with Gasteiger partial charge in [-0.1, -0.05) is 12.1 Å². The summed E-state index contributed by atoms with van der Waals surface area (Å²) in [6.45, 7) is -0.638. The Kier molecular flexibility index (Phi) is 7.16. The highest BCUT2D eigenvalue weighted by Crippen LogP contribution is 2.32. The van der Waals surface area contributed by atoms with Crippen LogP contribution in [-0.4, -0.2) is 33.2 Å². The predicted molar refractivity (Wildman–Crippen MR) is 97.2 cm³/mol. The zero-order valence-electron chi connectivity index (χ0n) is 15.2. The summed E-state index contributed by atoms with van der Waals surface area (Å²) < 4.78 is 45.0. The summed E-state index contributed by atoms with van der Waals surface area (Å²) in [5.41, 5.74) is 0.936. The molecule has 27 heavy (non-hydrogen) atoms. The topological polar surface area (TPSA) is 54.0 Å². The Bertz CT molecular complexity index is 818. The molecule has 0 aliphatic rings. The van der Waals surface area contributed by atoms with Gasteiger partial charge in [-0.3, -0.25) is 4.79 Å². The highest BCUT2D eigenvalue weighted by molar-refractivity contribution is 6.07. The Hall–Kier alpha value is -3.09. The van der Waals surface area contributed by atoms with Crippen LogP contribution in [0.5, 0.6) is 23.0 Å². The van der Waals surface area contributed by atoms with Crippen molar-refractivity contribution in [1.82, 2.24) is 0 Å². The third kappa shape index (κ3) is 5.20. The number of ether oxygens (including phenoxy) is 4. The van der Waals surface area contributed by atoms with Gasteiger partial charge in [0.1, 0.15) is 0 Å². The van der Waals surface area contributed by atoms with Crippen LogP contribution in [0.1, 0.15) is 22.8 Å². The second kappa shape index (κ2) is 9.56. The number of halogens is 2. The summed E-state index contributed by atoms with van der Waals surface area (Å²) in [5, 5.41) is 0. The van der Waals surface area contributed by atoms with Crippen molar-refractivity contribution in [3.8, 4) is 23.0 Å². The molecule has 0 bridgehead atoms. The van der Waals surface area contributed by atoms with Gasteiger partial charge < -0.3 is 18.9 Å². The van der Waals surface area contributed by atoms with Gasteiger partial charge >= 0.3 is 6.61 Å². The fraction of sp³-hybridized carbons (Fsp3) is 0.250. The van der Waals surface area contributed by atoms with Crippen LogP contribution < -0.4 is 18.9 Å². The largest absolute Gasteiger partial charge is 0.493 e. The summed E-state index contributed by atoms with van der Waals surface area (Å²) >= 11 is 0. The minimum absolute atomic E-state index is 0.0467. The van der Waals surface area contributed by atoms with E-state index in [2.05, 4.69) is 4.74 Å². The number of allylic oxidation sites excluding steroid dienone is 1. The molecule has 5 nitrogen and oxygen atoms in total. The van der Waals surface area contributed by atoms with Gasteiger partial charge in [0, 0.05) is 11.1 Å². The van der Waals surface area contributed by atoms with Gasteiger partial charge in [0.05, 0.1) is 20.8 Å². The maximum Gasteiger partial charge on any atom is 0.387 e. The molecule has 0 atom stereocenters. The first-order chi connectivity index (χ1) is 13.0. The van der Waals surface area contributed by atoms with Gasteiger partial charge in [-0.2, -0.15) is 8.78 Å². The second-order valence-electron chi connectivity index (χ2n) is 5.25. The molecule has 0 heterocycles. The van der Waals surface area contributed by atoms with Gasteiger partial charge in [0.2, 0.25) is 0 Å². The van der Waals surface area contributed by atoms with E-state index in [0.29, 0.717) is 23.7 Å². The van der Waals surface area contributed by atoms with Gasteiger partial charge in [-0.05, 0) is 43.3 Å². The molecule has 0 unspecified atom stereocenters. The van der Waals surface area contributed by atoms with E-state index in [1.165, 1.54) is 38.5 Å². The van der Waals surface area contributed by atoms with Crippen molar-refractivity contribution < 1.29 is 32.5 Å². The zero-order valence-corrected chi connectivity index (χ0v) is 15.2.